The maximum atomic E-state index is 11.8. The van der Waals surface area contributed by atoms with Crippen molar-refractivity contribution in [2.75, 3.05) is 11.4 Å². The quantitative estimate of drug-likeness (QED) is 0.787. The summed E-state index contributed by atoms with van der Waals surface area (Å²) in [6.07, 6.45) is -0.0201. The molecule has 8 nitrogen and oxygen atoms in total. The number of amides is 1. The Hall–Kier alpha value is -1.90. The van der Waals surface area contributed by atoms with Crippen LogP contribution < -0.4 is 4.90 Å². The van der Waals surface area contributed by atoms with Gasteiger partial charge in [-0.05, 0) is 0 Å². The van der Waals surface area contributed by atoms with Crippen LogP contribution in [-0.2, 0) is 20.8 Å². The molecule has 0 spiro atoms. The number of aromatic amines is 1. The van der Waals surface area contributed by atoms with E-state index in [-0.39, 0.29) is 40.9 Å². The van der Waals surface area contributed by atoms with Crippen molar-refractivity contribution in [1.82, 2.24) is 15.2 Å². The van der Waals surface area contributed by atoms with Crippen molar-refractivity contribution in [2.24, 2.45) is 0 Å². The summed E-state index contributed by atoms with van der Waals surface area (Å²) in [5.74, 6) is -0.842. The van der Waals surface area contributed by atoms with E-state index in [0.717, 1.165) is 11.8 Å². The number of carboxylic acid groups (broad SMARTS) is 1. The maximum absolute atomic E-state index is 11.8. The lowest BCUT2D eigenvalue weighted by molar-refractivity contribution is -0.136. The number of rotatable bonds is 4. The molecular weight excluding hydrogens is 272 g/mol. The Morgan fingerprint density at radius 3 is 2.95 bits per heavy atom. The summed E-state index contributed by atoms with van der Waals surface area (Å²) in [5.41, 5.74) is 0. The first-order valence-corrected chi connectivity index (χ1v) is 6.44. The zero-order chi connectivity index (χ0) is 14.0. The number of thioether (sulfide) groups is 1. The Morgan fingerprint density at radius 1 is 1.58 bits per heavy atom. The van der Waals surface area contributed by atoms with Gasteiger partial charge >= 0.3 is 5.97 Å². The summed E-state index contributed by atoms with van der Waals surface area (Å²) in [6, 6.07) is 0. The maximum Gasteiger partial charge on any atom is 0.311 e. The summed E-state index contributed by atoms with van der Waals surface area (Å²) >= 11 is 1.12. The first-order chi connectivity index (χ1) is 8.95. The molecule has 0 saturated carbocycles. The molecule has 1 amide bonds. The third-order valence-electron chi connectivity index (χ3n) is 2.50. The van der Waals surface area contributed by atoms with Crippen molar-refractivity contribution >= 4 is 34.7 Å². The number of hydrogen-bond donors (Lipinski definition) is 2. The van der Waals surface area contributed by atoms with Gasteiger partial charge in [-0.3, -0.25) is 24.4 Å². The molecule has 0 aliphatic carbocycles. The van der Waals surface area contributed by atoms with Gasteiger partial charge in [-0.25, -0.2) is 0 Å². The molecule has 1 fully saturated rings. The van der Waals surface area contributed by atoms with Crippen molar-refractivity contribution < 1.29 is 19.5 Å². The van der Waals surface area contributed by atoms with Crippen LogP contribution in [0.2, 0.25) is 0 Å². The number of carbonyl (C=O) groups excluding carboxylic acids is 2. The van der Waals surface area contributed by atoms with Crippen molar-refractivity contribution in [2.45, 2.75) is 25.0 Å². The van der Waals surface area contributed by atoms with Crippen LogP contribution in [0.25, 0.3) is 0 Å². The highest BCUT2D eigenvalue weighted by molar-refractivity contribution is 8.14. The highest BCUT2D eigenvalue weighted by atomic mass is 32.2. The van der Waals surface area contributed by atoms with Crippen LogP contribution in [0.5, 0.6) is 0 Å². The molecule has 19 heavy (non-hydrogen) atoms. The van der Waals surface area contributed by atoms with E-state index in [1.807, 2.05) is 0 Å². The molecule has 102 valence electrons. The van der Waals surface area contributed by atoms with Crippen LogP contribution in [-0.4, -0.2) is 49.1 Å². The first kappa shape index (κ1) is 13.5. The number of anilines is 1. The average Bonchev–Trinajstić information content (AvgIpc) is 2.83. The first-order valence-electron chi connectivity index (χ1n) is 5.56. The lowest BCUT2D eigenvalue weighted by Crippen LogP contribution is -2.26. The van der Waals surface area contributed by atoms with Gasteiger partial charge in [0, 0.05) is 25.1 Å². The molecule has 0 aromatic carbocycles. The molecule has 0 bridgehead atoms. The van der Waals surface area contributed by atoms with Crippen LogP contribution in [0, 0.1) is 0 Å². The number of nitrogens with one attached hydrogen (secondary N) is 1. The van der Waals surface area contributed by atoms with E-state index in [4.69, 9.17) is 5.11 Å². The minimum atomic E-state index is -1.03. The zero-order valence-corrected chi connectivity index (χ0v) is 10.9. The van der Waals surface area contributed by atoms with Gasteiger partial charge in [0.05, 0.1) is 0 Å². The second-order valence-corrected chi connectivity index (χ2v) is 5.57. The Kier molecular flexibility index (Phi) is 3.84. The third kappa shape index (κ3) is 3.31. The molecule has 1 saturated heterocycles. The Bertz CT molecular complexity index is 529. The van der Waals surface area contributed by atoms with E-state index < -0.39 is 5.97 Å². The predicted octanol–water partition coefficient (Wildman–Crippen LogP) is -0.183. The molecule has 2 rings (SSSR count). The van der Waals surface area contributed by atoms with Gasteiger partial charge in [-0.2, -0.15) is 4.98 Å². The third-order valence-corrected chi connectivity index (χ3v) is 3.48. The molecule has 1 aromatic heterocycles. The Balaban J connectivity index is 2.05. The van der Waals surface area contributed by atoms with Gasteiger partial charge in [-0.15, -0.1) is 5.10 Å². The van der Waals surface area contributed by atoms with E-state index in [1.54, 1.807) is 0 Å². The Morgan fingerprint density at radius 2 is 2.32 bits per heavy atom. The molecule has 0 radical (unpaired) electrons. The van der Waals surface area contributed by atoms with Gasteiger partial charge in [0.2, 0.25) is 5.91 Å². The van der Waals surface area contributed by atoms with Gasteiger partial charge in [0.1, 0.15) is 12.2 Å². The number of hydrogen-bond acceptors (Lipinski definition) is 6. The molecule has 1 aliphatic heterocycles. The second kappa shape index (κ2) is 5.39. The van der Waals surface area contributed by atoms with Crippen LogP contribution in [0.15, 0.2) is 0 Å². The topological polar surface area (TPSA) is 116 Å². The van der Waals surface area contributed by atoms with Crippen LogP contribution >= 0.6 is 11.8 Å². The lowest BCUT2D eigenvalue weighted by atomic mass is 10.4. The number of carbonyl (C=O) groups is 3. The number of aromatic nitrogens is 3. The van der Waals surface area contributed by atoms with Crippen molar-refractivity contribution in [3.8, 4) is 0 Å². The number of nitrogens with zero attached hydrogens (tertiary/aromatic N) is 3. The number of H-pyrrole nitrogens is 1. The monoisotopic (exact) mass is 284 g/mol. The zero-order valence-electron chi connectivity index (χ0n) is 10.1. The van der Waals surface area contributed by atoms with E-state index in [1.165, 1.54) is 11.8 Å². The van der Waals surface area contributed by atoms with Crippen LogP contribution in [0.4, 0.5) is 5.95 Å². The normalized spacial score (nSPS) is 18.9. The highest BCUT2D eigenvalue weighted by Gasteiger charge is 2.34. The highest BCUT2D eigenvalue weighted by Crippen LogP contribution is 2.26. The fraction of sp³-hybridized carbons (Fsp3) is 0.500. The summed E-state index contributed by atoms with van der Waals surface area (Å²) in [7, 11) is 0. The lowest BCUT2D eigenvalue weighted by Gasteiger charge is -2.10. The summed E-state index contributed by atoms with van der Waals surface area (Å²) in [6.45, 7) is 1.81. The fourth-order valence-corrected chi connectivity index (χ4v) is 2.73. The van der Waals surface area contributed by atoms with E-state index in [0.29, 0.717) is 6.54 Å². The minimum Gasteiger partial charge on any atom is -0.481 e. The predicted molar refractivity (Wildman–Crippen MR) is 66.8 cm³/mol. The molecule has 1 aliphatic rings. The van der Waals surface area contributed by atoms with E-state index >= 15 is 0 Å². The molecule has 2 N–H and O–H groups in total. The van der Waals surface area contributed by atoms with Crippen LogP contribution in [0.1, 0.15) is 19.2 Å². The SMILES string of the molecule is CC(=O)SC1CC(=O)N(c2n[nH]c(CC(=O)O)n2)C1. The second-order valence-electron chi connectivity index (χ2n) is 4.09. The largest absolute Gasteiger partial charge is 0.481 e. The Labute approximate surface area is 112 Å². The van der Waals surface area contributed by atoms with Gasteiger partial charge in [0.15, 0.2) is 5.12 Å². The van der Waals surface area contributed by atoms with Gasteiger partial charge < -0.3 is 5.11 Å². The molecule has 1 unspecified atom stereocenters. The summed E-state index contributed by atoms with van der Waals surface area (Å²) in [5, 5.41) is 14.8. The number of aliphatic carboxylic acids is 1. The van der Waals surface area contributed by atoms with Crippen molar-refractivity contribution in [3.63, 3.8) is 0 Å². The molecule has 9 heteroatoms. The van der Waals surface area contributed by atoms with Crippen molar-refractivity contribution in [1.29, 1.82) is 0 Å². The standard InChI is InChI=1S/C10H12N4O4S/c1-5(15)19-6-2-8(16)14(4-6)10-11-7(12-13-10)3-9(17)18/h6H,2-4H2,1H3,(H,17,18)(H,11,12,13). The average molecular weight is 284 g/mol. The van der Waals surface area contributed by atoms with Gasteiger partial charge in [-0.1, -0.05) is 11.8 Å². The van der Waals surface area contributed by atoms with Crippen molar-refractivity contribution in [3.05, 3.63) is 5.82 Å². The van der Waals surface area contributed by atoms with E-state index in [9.17, 15) is 14.4 Å². The van der Waals surface area contributed by atoms with Gasteiger partial charge in [0.25, 0.3) is 5.95 Å². The van der Waals surface area contributed by atoms with E-state index in [2.05, 4.69) is 15.2 Å². The molecule has 1 aromatic rings. The fourth-order valence-electron chi connectivity index (χ4n) is 1.81. The molecule has 1 atom stereocenters. The molecular formula is C10H12N4O4S. The van der Waals surface area contributed by atoms with Crippen LogP contribution in [0.3, 0.4) is 0 Å². The summed E-state index contributed by atoms with van der Waals surface area (Å²) < 4.78 is 0. The smallest absolute Gasteiger partial charge is 0.311 e. The summed E-state index contributed by atoms with van der Waals surface area (Å²) in [4.78, 5) is 38.6. The molecule has 2 heterocycles. The number of carboxylic acids is 1. The minimum absolute atomic E-state index is 0.0406.